The van der Waals surface area contributed by atoms with Crippen molar-refractivity contribution < 1.29 is 34.1 Å². The minimum absolute atomic E-state index is 0.124. The number of carbonyl (C=O) groups excluding carboxylic acids is 3. The fourth-order valence-corrected chi connectivity index (χ4v) is 4.17. The van der Waals surface area contributed by atoms with Crippen LogP contribution in [0.3, 0.4) is 0 Å². The number of aliphatic hydroxyl groups excluding tert-OH is 2. The minimum Gasteiger partial charge on any atom is -0.458 e. The molecular formula is C33H48N2O7. The molecule has 0 aliphatic carbocycles. The van der Waals surface area contributed by atoms with Gasteiger partial charge >= 0.3 is 12.1 Å². The first-order valence-corrected chi connectivity index (χ1v) is 14.4. The van der Waals surface area contributed by atoms with Gasteiger partial charge in [0, 0.05) is 30.7 Å². The molecule has 5 atom stereocenters. The summed E-state index contributed by atoms with van der Waals surface area (Å²) in [6.07, 6.45) is 17.3. The Kier molecular flexibility index (Phi) is 17.5. The molecule has 5 N–H and O–H groups in total. The zero-order valence-corrected chi connectivity index (χ0v) is 25.5. The second-order valence-corrected chi connectivity index (χ2v) is 10.8. The molecule has 2 amide bonds. The summed E-state index contributed by atoms with van der Waals surface area (Å²) in [7, 11) is 0. The van der Waals surface area contributed by atoms with E-state index in [0.717, 1.165) is 16.7 Å². The van der Waals surface area contributed by atoms with Gasteiger partial charge in [-0.1, -0.05) is 66.2 Å². The standard InChI is InChI=1S/C33H48N2O7/c1-23(2)20-31(38)35-19-18-25(4)21-26(5)30-22-24(3)12-8-6-10-14-29(42-33(34)40)28(37)17-16-27(36)13-9-7-11-15-32(39)41-30/h6,8,11-12,15-21,26-30,36-37H,7,9-10,13-14,22H2,1-5H3,(H2,34,40)(H,35,38)/b8-6+,15-11+,17-16-,19-18+,24-12+,25-21+/t26-,27+,28+,29+,30-/m1/s1. The average molecular weight is 585 g/mol. The summed E-state index contributed by atoms with van der Waals surface area (Å²) in [5.74, 6) is -0.764. The Morgan fingerprint density at radius 1 is 1.14 bits per heavy atom. The van der Waals surface area contributed by atoms with Crippen molar-refractivity contribution in [2.75, 3.05) is 0 Å². The van der Waals surface area contributed by atoms with Crippen LogP contribution in [0.2, 0.25) is 0 Å². The van der Waals surface area contributed by atoms with Crippen molar-refractivity contribution in [3.8, 4) is 0 Å². The van der Waals surface area contributed by atoms with Gasteiger partial charge in [-0.2, -0.15) is 0 Å². The molecule has 0 aromatic rings. The first kappa shape index (κ1) is 36.3. The molecule has 232 valence electrons. The molecule has 9 nitrogen and oxygen atoms in total. The van der Waals surface area contributed by atoms with E-state index in [1.165, 1.54) is 24.3 Å². The zero-order chi connectivity index (χ0) is 31.5. The lowest BCUT2D eigenvalue weighted by atomic mass is 9.95. The van der Waals surface area contributed by atoms with E-state index in [4.69, 9.17) is 15.2 Å². The molecule has 0 aromatic carbocycles. The first-order valence-electron chi connectivity index (χ1n) is 14.4. The number of primary amides is 1. The summed E-state index contributed by atoms with van der Waals surface area (Å²) in [6, 6.07) is 0. The number of ether oxygens (including phenoxy) is 2. The van der Waals surface area contributed by atoms with Crippen molar-refractivity contribution in [3.63, 3.8) is 0 Å². The summed E-state index contributed by atoms with van der Waals surface area (Å²) in [4.78, 5) is 35.8. The monoisotopic (exact) mass is 584 g/mol. The number of carbonyl (C=O) groups is 3. The van der Waals surface area contributed by atoms with Gasteiger partial charge < -0.3 is 30.7 Å². The van der Waals surface area contributed by atoms with E-state index >= 15 is 0 Å². The van der Waals surface area contributed by atoms with E-state index in [1.807, 2.05) is 58.9 Å². The van der Waals surface area contributed by atoms with Crippen LogP contribution in [-0.2, 0) is 19.1 Å². The van der Waals surface area contributed by atoms with E-state index in [0.29, 0.717) is 38.5 Å². The maximum atomic E-state index is 12.6. The van der Waals surface area contributed by atoms with E-state index in [9.17, 15) is 24.6 Å². The quantitative estimate of drug-likeness (QED) is 0.145. The number of esters is 1. The van der Waals surface area contributed by atoms with E-state index in [-0.39, 0.29) is 11.8 Å². The molecule has 1 aliphatic heterocycles. The lowest BCUT2D eigenvalue weighted by molar-refractivity contribution is -0.144. The number of nitrogens with two attached hydrogens (primary N) is 1. The lowest BCUT2D eigenvalue weighted by Crippen LogP contribution is -2.32. The van der Waals surface area contributed by atoms with Gasteiger partial charge in [-0.05, 0) is 65.9 Å². The zero-order valence-electron chi connectivity index (χ0n) is 25.5. The normalized spacial score (nSPS) is 27.8. The van der Waals surface area contributed by atoms with Gasteiger partial charge in [0.05, 0.1) is 6.10 Å². The molecule has 0 radical (unpaired) electrons. The van der Waals surface area contributed by atoms with Crippen LogP contribution in [0.1, 0.15) is 73.1 Å². The number of hydrogen-bond donors (Lipinski definition) is 4. The van der Waals surface area contributed by atoms with Crippen LogP contribution in [0.4, 0.5) is 4.79 Å². The third-order valence-electron chi connectivity index (χ3n) is 6.33. The molecule has 0 spiro atoms. The van der Waals surface area contributed by atoms with Gasteiger partial charge in [0.1, 0.15) is 18.3 Å². The summed E-state index contributed by atoms with van der Waals surface area (Å²) in [6.45, 7) is 9.54. The fraction of sp³-hybridized carbons (Fsp3) is 0.485. The predicted octanol–water partition coefficient (Wildman–Crippen LogP) is 5.23. The van der Waals surface area contributed by atoms with Crippen molar-refractivity contribution in [1.82, 2.24) is 5.32 Å². The van der Waals surface area contributed by atoms with Crippen LogP contribution >= 0.6 is 0 Å². The molecule has 0 aromatic heterocycles. The Bertz CT molecular complexity index is 1090. The Balaban J connectivity index is 3.09. The van der Waals surface area contributed by atoms with Crippen molar-refractivity contribution >= 4 is 18.0 Å². The van der Waals surface area contributed by atoms with Gasteiger partial charge in [0.25, 0.3) is 0 Å². The molecule has 0 saturated carbocycles. The SMILES string of the molecule is CC(C)=CC(=O)N/C=C/C(C)=C/[C@@H](C)[C@H]1C/C(C)=C/C=C/CC[C@H](OC(N)=O)[C@@H](O)/C=C\[C@@H](O)CCC/C=C/C(=O)O1. The van der Waals surface area contributed by atoms with E-state index in [2.05, 4.69) is 5.32 Å². The maximum absolute atomic E-state index is 12.6. The highest BCUT2D eigenvalue weighted by atomic mass is 16.6. The topological polar surface area (TPSA) is 148 Å². The number of rotatable bonds is 6. The molecule has 0 bridgehead atoms. The summed E-state index contributed by atoms with van der Waals surface area (Å²) in [5.41, 5.74) is 7.98. The maximum Gasteiger partial charge on any atom is 0.404 e. The van der Waals surface area contributed by atoms with Gasteiger partial charge in [-0.15, -0.1) is 0 Å². The van der Waals surface area contributed by atoms with Gasteiger partial charge in [-0.25, -0.2) is 9.59 Å². The molecule has 0 fully saturated rings. The molecule has 42 heavy (non-hydrogen) atoms. The molecular weight excluding hydrogens is 536 g/mol. The Labute approximate surface area is 250 Å². The van der Waals surface area contributed by atoms with Crippen LogP contribution in [0.5, 0.6) is 0 Å². The van der Waals surface area contributed by atoms with Crippen molar-refractivity contribution in [2.24, 2.45) is 11.7 Å². The second-order valence-electron chi connectivity index (χ2n) is 10.8. The molecule has 0 unspecified atom stereocenters. The number of amides is 2. The first-order chi connectivity index (χ1) is 19.9. The van der Waals surface area contributed by atoms with Crippen LogP contribution in [-0.4, -0.2) is 52.6 Å². The highest BCUT2D eigenvalue weighted by molar-refractivity contribution is 5.88. The fourth-order valence-electron chi connectivity index (χ4n) is 4.17. The molecule has 0 saturated heterocycles. The largest absolute Gasteiger partial charge is 0.458 e. The Morgan fingerprint density at radius 3 is 2.57 bits per heavy atom. The number of aliphatic hydroxyl groups is 2. The summed E-state index contributed by atoms with van der Waals surface area (Å²) in [5, 5.41) is 23.4. The van der Waals surface area contributed by atoms with Crippen molar-refractivity contribution in [2.45, 2.75) is 97.6 Å². The Hall–Kier alpha value is -3.69. The van der Waals surface area contributed by atoms with Crippen molar-refractivity contribution in [3.05, 3.63) is 83.7 Å². The van der Waals surface area contributed by atoms with Gasteiger partial charge in [-0.3, -0.25) is 4.79 Å². The van der Waals surface area contributed by atoms with Gasteiger partial charge in [0.15, 0.2) is 0 Å². The molecule has 9 heteroatoms. The average Bonchev–Trinajstić information content (AvgIpc) is 2.89. The van der Waals surface area contributed by atoms with Crippen LogP contribution in [0.15, 0.2) is 83.7 Å². The van der Waals surface area contributed by atoms with Crippen molar-refractivity contribution in [1.29, 1.82) is 0 Å². The summed E-state index contributed by atoms with van der Waals surface area (Å²) >= 11 is 0. The third kappa shape index (κ3) is 17.2. The Morgan fingerprint density at radius 2 is 1.88 bits per heavy atom. The number of cyclic esters (lactones) is 1. The number of nitrogens with one attached hydrogen (secondary N) is 1. The third-order valence-corrected chi connectivity index (χ3v) is 6.33. The minimum atomic E-state index is -1.11. The molecule has 1 rings (SSSR count). The van der Waals surface area contributed by atoms with Gasteiger partial charge in [0.2, 0.25) is 5.91 Å². The lowest BCUT2D eigenvalue weighted by Gasteiger charge is -2.22. The smallest absolute Gasteiger partial charge is 0.404 e. The number of allylic oxidation sites excluding steroid dienone is 7. The predicted molar refractivity (Wildman–Crippen MR) is 165 cm³/mol. The highest BCUT2D eigenvalue weighted by Gasteiger charge is 2.21. The number of hydrogen-bond acceptors (Lipinski definition) is 7. The van der Waals surface area contributed by atoms with Crippen LogP contribution in [0, 0.1) is 5.92 Å². The highest BCUT2D eigenvalue weighted by Crippen LogP contribution is 2.21. The van der Waals surface area contributed by atoms with Crippen LogP contribution < -0.4 is 11.1 Å². The summed E-state index contributed by atoms with van der Waals surface area (Å²) < 4.78 is 10.9. The molecule has 1 aliphatic rings. The van der Waals surface area contributed by atoms with E-state index in [1.54, 1.807) is 18.4 Å². The second kappa shape index (κ2) is 20.2. The van der Waals surface area contributed by atoms with E-state index < -0.39 is 36.5 Å². The van der Waals surface area contributed by atoms with Crippen LogP contribution in [0.25, 0.3) is 0 Å². The molecule has 1 heterocycles.